The predicted octanol–water partition coefficient (Wildman–Crippen LogP) is 0.261. The largest absolute Gasteiger partial charge is 0.480 e. The number of aliphatic carboxylic acids is 1. The highest BCUT2D eigenvalue weighted by molar-refractivity contribution is 5.82. The SMILES string of the molecule is CN(C)NC(=O)NC(C(=O)O)C(C)(C)C. The lowest BCUT2D eigenvalue weighted by Crippen LogP contribution is -2.54. The Morgan fingerprint density at radius 3 is 2.00 bits per heavy atom. The Morgan fingerprint density at radius 1 is 1.27 bits per heavy atom. The molecule has 0 aliphatic carbocycles. The summed E-state index contributed by atoms with van der Waals surface area (Å²) in [5, 5.41) is 12.8. The maximum absolute atomic E-state index is 11.3. The van der Waals surface area contributed by atoms with E-state index in [1.807, 2.05) is 0 Å². The zero-order valence-electron chi connectivity index (χ0n) is 9.79. The van der Waals surface area contributed by atoms with E-state index in [1.54, 1.807) is 34.9 Å². The summed E-state index contributed by atoms with van der Waals surface area (Å²) in [5.41, 5.74) is 1.89. The van der Waals surface area contributed by atoms with Crippen molar-refractivity contribution >= 4 is 12.0 Å². The number of nitrogens with one attached hydrogen (secondary N) is 2. The van der Waals surface area contributed by atoms with Crippen LogP contribution in [0.4, 0.5) is 4.79 Å². The van der Waals surface area contributed by atoms with Crippen LogP contribution in [-0.2, 0) is 4.79 Å². The highest BCUT2D eigenvalue weighted by Crippen LogP contribution is 2.19. The second-order valence-corrected chi connectivity index (χ2v) is 4.62. The molecule has 1 atom stereocenters. The summed E-state index contributed by atoms with van der Waals surface area (Å²) in [6, 6.07) is -1.44. The number of carboxylic acids is 1. The van der Waals surface area contributed by atoms with Gasteiger partial charge in [0.15, 0.2) is 0 Å². The second-order valence-electron chi connectivity index (χ2n) is 4.62. The summed E-state index contributed by atoms with van der Waals surface area (Å²) in [6.45, 7) is 5.26. The molecule has 0 aromatic heterocycles. The quantitative estimate of drug-likeness (QED) is 0.592. The van der Waals surface area contributed by atoms with Gasteiger partial charge in [-0.05, 0) is 5.41 Å². The van der Waals surface area contributed by atoms with E-state index in [0.717, 1.165) is 0 Å². The minimum Gasteiger partial charge on any atom is -0.480 e. The van der Waals surface area contributed by atoms with Crippen molar-refractivity contribution in [2.24, 2.45) is 5.41 Å². The van der Waals surface area contributed by atoms with Crippen molar-refractivity contribution < 1.29 is 14.7 Å². The summed E-state index contributed by atoms with van der Waals surface area (Å²) in [4.78, 5) is 22.2. The van der Waals surface area contributed by atoms with Crippen molar-refractivity contribution in [1.29, 1.82) is 0 Å². The van der Waals surface area contributed by atoms with E-state index in [0.29, 0.717) is 0 Å². The first-order chi connectivity index (χ1) is 6.64. The number of hydrogen-bond donors (Lipinski definition) is 3. The lowest BCUT2D eigenvalue weighted by Gasteiger charge is -2.28. The van der Waals surface area contributed by atoms with Crippen LogP contribution in [0.1, 0.15) is 20.8 Å². The van der Waals surface area contributed by atoms with Crippen molar-refractivity contribution in [1.82, 2.24) is 15.8 Å². The van der Waals surface area contributed by atoms with E-state index < -0.39 is 23.5 Å². The molecule has 6 nitrogen and oxygen atoms in total. The van der Waals surface area contributed by atoms with Crippen LogP contribution >= 0.6 is 0 Å². The molecule has 0 heterocycles. The number of hydrogen-bond acceptors (Lipinski definition) is 3. The van der Waals surface area contributed by atoms with Gasteiger partial charge in [-0.15, -0.1) is 0 Å². The monoisotopic (exact) mass is 217 g/mol. The summed E-state index contributed by atoms with van der Waals surface area (Å²) in [6.07, 6.45) is 0. The Balaban J connectivity index is 4.44. The van der Waals surface area contributed by atoms with E-state index in [-0.39, 0.29) is 0 Å². The molecule has 1 unspecified atom stereocenters. The van der Waals surface area contributed by atoms with Gasteiger partial charge in [-0.25, -0.2) is 14.6 Å². The van der Waals surface area contributed by atoms with E-state index >= 15 is 0 Å². The van der Waals surface area contributed by atoms with Gasteiger partial charge >= 0.3 is 12.0 Å². The molecule has 0 aromatic carbocycles. The van der Waals surface area contributed by atoms with Gasteiger partial charge < -0.3 is 10.4 Å². The molecule has 0 fully saturated rings. The number of carbonyl (C=O) groups excluding carboxylic acids is 1. The van der Waals surface area contributed by atoms with Crippen LogP contribution in [0.15, 0.2) is 0 Å². The molecule has 15 heavy (non-hydrogen) atoms. The zero-order valence-corrected chi connectivity index (χ0v) is 9.79. The molecule has 0 bridgehead atoms. The molecule has 2 amide bonds. The number of carbonyl (C=O) groups is 2. The highest BCUT2D eigenvalue weighted by atomic mass is 16.4. The Labute approximate surface area is 89.6 Å². The van der Waals surface area contributed by atoms with Crippen LogP contribution in [0.3, 0.4) is 0 Å². The maximum atomic E-state index is 11.3. The first kappa shape index (κ1) is 13.7. The second kappa shape index (κ2) is 4.97. The molecule has 0 saturated heterocycles. The maximum Gasteiger partial charge on any atom is 0.330 e. The molecule has 0 saturated carbocycles. The van der Waals surface area contributed by atoms with Crippen molar-refractivity contribution in [2.75, 3.05) is 14.1 Å². The van der Waals surface area contributed by atoms with Crippen molar-refractivity contribution in [3.8, 4) is 0 Å². The minimum absolute atomic E-state index is 0.526. The lowest BCUT2D eigenvalue weighted by molar-refractivity contribution is -0.141. The van der Waals surface area contributed by atoms with E-state index in [1.165, 1.54) is 5.01 Å². The molecule has 3 N–H and O–H groups in total. The topological polar surface area (TPSA) is 81.7 Å². The number of nitrogens with zero attached hydrogens (tertiary/aromatic N) is 1. The smallest absolute Gasteiger partial charge is 0.330 e. The molecule has 0 rings (SSSR count). The fourth-order valence-corrected chi connectivity index (χ4v) is 1.02. The molecule has 0 radical (unpaired) electrons. The van der Waals surface area contributed by atoms with Gasteiger partial charge in [-0.3, -0.25) is 5.43 Å². The van der Waals surface area contributed by atoms with Gasteiger partial charge in [-0.2, -0.15) is 0 Å². The van der Waals surface area contributed by atoms with Crippen LogP contribution in [-0.4, -0.2) is 42.3 Å². The average Bonchev–Trinajstić information content (AvgIpc) is 1.95. The first-order valence-electron chi connectivity index (χ1n) is 4.62. The summed E-state index contributed by atoms with van der Waals surface area (Å²) >= 11 is 0. The molecule has 0 aromatic rings. The Morgan fingerprint density at radius 2 is 1.73 bits per heavy atom. The molecular formula is C9H19N3O3. The predicted molar refractivity (Wildman–Crippen MR) is 56.2 cm³/mol. The van der Waals surface area contributed by atoms with Crippen molar-refractivity contribution in [3.63, 3.8) is 0 Å². The van der Waals surface area contributed by atoms with Crippen molar-refractivity contribution in [2.45, 2.75) is 26.8 Å². The van der Waals surface area contributed by atoms with Crippen LogP contribution < -0.4 is 10.7 Å². The van der Waals surface area contributed by atoms with Gasteiger partial charge in [-0.1, -0.05) is 20.8 Å². The third-order valence-electron chi connectivity index (χ3n) is 1.71. The Hall–Kier alpha value is -1.30. The van der Waals surface area contributed by atoms with E-state index in [4.69, 9.17) is 5.11 Å². The van der Waals surface area contributed by atoms with E-state index in [2.05, 4.69) is 10.7 Å². The Kier molecular flexibility index (Phi) is 4.54. The van der Waals surface area contributed by atoms with Crippen LogP contribution in [0.2, 0.25) is 0 Å². The fraction of sp³-hybridized carbons (Fsp3) is 0.778. The Bertz CT molecular complexity index is 245. The molecular weight excluding hydrogens is 198 g/mol. The van der Waals surface area contributed by atoms with Gasteiger partial charge in [0.25, 0.3) is 0 Å². The van der Waals surface area contributed by atoms with Crippen LogP contribution in [0, 0.1) is 5.41 Å². The zero-order chi connectivity index (χ0) is 12.2. The molecule has 0 spiro atoms. The number of carboxylic acid groups (broad SMARTS) is 1. The van der Waals surface area contributed by atoms with Gasteiger partial charge in [0.2, 0.25) is 0 Å². The van der Waals surface area contributed by atoms with E-state index in [9.17, 15) is 9.59 Å². The lowest BCUT2D eigenvalue weighted by atomic mass is 9.87. The van der Waals surface area contributed by atoms with Gasteiger partial charge in [0.1, 0.15) is 6.04 Å². The number of hydrazine groups is 1. The summed E-state index contributed by atoms with van der Waals surface area (Å²) in [5.74, 6) is -1.04. The number of rotatable bonds is 3. The number of amides is 2. The normalized spacial score (nSPS) is 13.5. The number of urea groups is 1. The van der Waals surface area contributed by atoms with Crippen molar-refractivity contribution in [3.05, 3.63) is 0 Å². The fourth-order valence-electron chi connectivity index (χ4n) is 1.02. The molecule has 0 aliphatic heterocycles. The van der Waals surface area contributed by atoms with Crippen LogP contribution in [0.25, 0.3) is 0 Å². The van der Waals surface area contributed by atoms with Gasteiger partial charge in [0.05, 0.1) is 0 Å². The molecule has 88 valence electrons. The van der Waals surface area contributed by atoms with Crippen LogP contribution in [0.5, 0.6) is 0 Å². The average molecular weight is 217 g/mol. The van der Waals surface area contributed by atoms with Gasteiger partial charge in [0, 0.05) is 14.1 Å². The molecule has 6 heteroatoms. The highest BCUT2D eigenvalue weighted by Gasteiger charge is 2.32. The third kappa shape index (κ3) is 5.21. The minimum atomic E-state index is -1.04. The molecule has 0 aliphatic rings. The first-order valence-corrected chi connectivity index (χ1v) is 4.62. The standard InChI is InChI=1S/C9H19N3O3/c1-9(2,3)6(7(13)14)10-8(15)11-12(4)5/h6H,1-5H3,(H,13,14)(H2,10,11,15). The summed E-state index contributed by atoms with van der Waals surface area (Å²) in [7, 11) is 3.29. The summed E-state index contributed by atoms with van der Waals surface area (Å²) < 4.78 is 0. The third-order valence-corrected chi connectivity index (χ3v) is 1.71.